The van der Waals surface area contributed by atoms with E-state index in [4.69, 9.17) is 9.84 Å². The first-order valence-electron chi connectivity index (χ1n) is 8.28. The van der Waals surface area contributed by atoms with E-state index < -0.39 is 0 Å². The van der Waals surface area contributed by atoms with Crippen molar-refractivity contribution < 1.29 is 4.74 Å². The molecule has 118 valence electrons. The van der Waals surface area contributed by atoms with Gasteiger partial charge in [-0.15, -0.1) is 5.10 Å². The Labute approximate surface area is 136 Å². The minimum Gasteiger partial charge on any atom is -0.476 e. The van der Waals surface area contributed by atoms with Crippen molar-refractivity contribution in [1.29, 1.82) is 0 Å². The van der Waals surface area contributed by atoms with Gasteiger partial charge >= 0.3 is 0 Å². The average Bonchev–Trinajstić information content (AvgIpc) is 3.01. The van der Waals surface area contributed by atoms with Crippen LogP contribution in [-0.4, -0.2) is 29.5 Å². The molecule has 0 atom stereocenters. The molecule has 1 N–H and O–H groups in total. The predicted molar refractivity (Wildman–Crippen MR) is 92.2 cm³/mol. The van der Waals surface area contributed by atoms with E-state index in [9.17, 15) is 0 Å². The molecule has 1 saturated heterocycles. The molecule has 0 saturated carbocycles. The molecule has 0 amide bonds. The van der Waals surface area contributed by atoms with Crippen molar-refractivity contribution in [2.45, 2.75) is 12.8 Å². The summed E-state index contributed by atoms with van der Waals surface area (Å²) >= 11 is 0. The molecule has 1 fully saturated rings. The van der Waals surface area contributed by atoms with Crippen molar-refractivity contribution in [3.05, 3.63) is 54.6 Å². The van der Waals surface area contributed by atoms with E-state index in [1.165, 1.54) is 12.8 Å². The zero-order valence-electron chi connectivity index (χ0n) is 13.1. The number of para-hydroxylation sites is 2. The van der Waals surface area contributed by atoms with Crippen molar-refractivity contribution in [2.75, 3.05) is 19.7 Å². The maximum absolute atomic E-state index is 6.10. The number of hydrogen-bond acceptors (Lipinski definition) is 3. The second kappa shape index (κ2) is 6.42. The molecule has 0 aliphatic carbocycles. The van der Waals surface area contributed by atoms with Gasteiger partial charge in [0, 0.05) is 0 Å². The van der Waals surface area contributed by atoms with Crippen molar-refractivity contribution in [2.24, 2.45) is 5.92 Å². The van der Waals surface area contributed by atoms with E-state index in [2.05, 4.69) is 29.6 Å². The lowest BCUT2D eigenvalue weighted by atomic mass is 9.99. The van der Waals surface area contributed by atoms with Gasteiger partial charge in [-0.3, -0.25) is 0 Å². The van der Waals surface area contributed by atoms with Gasteiger partial charge in [0.15, 0.2) is 0 Å². The van der Waals surface area contributed by atoms with Crippen LogP contribution in [0.1, 0.15) is 12.8 Å². The van der Waals surface area contributed by atoms with E-state index in [0.29, 0.717) is 5.92 Å². The topological polar surface area (TPSA) is 39.1 Å². The molecule has 3 aromatic rings. The van der Waals surface area contributed by atoms with Crippen LogP contribution >= 0.6 is 0 Å². The fraction of sp³-hybridized carbons (Fsp3) is 0.316. The van der Waals surface area contributed by atoms with Gasteiger partial charge in [-0.05, 0) is 56.1 Å². The molecule has 0 bridgehead atoms. The molecule has 1 aliphatic rings. The Kier molecular flexibility index (Phi) is 3.99. The number of hydrogen-bond donors (Lipinski definition) is 1. The third-order valence-electron chi connectivity index (χ3n) is 4.47. The van der Waals surface area contributed by atoms with Crippen LogP contribution in [0.5, 0.6) is 5.88 Å². The van der Waals surface area contributed by atoms with Crippen LogP contribution in [0.25, 0.3) is 16.6 Å². The summed E-state index contributed by atoms with van der Waals surface area (Å²) in [6, 6.07) is 18.5. The van der Waals surface area contributed by atoms with Gasteiger partial charge in [-0.1, -0.05) is 30.3 Å². The van der Waals surface area contributed by atoms with Gasteiger partial charge in [-0.2, -0.15) is 0 Å². The van der Waals surface area contributed by atoms with Crippen molar-refractivity contribution >= 4 is 10.9 Å². The highest BCUT2D eigenvalue weighted by molar-refractivity contribution is 5.85. The van der Waals surface area contributed by atoms with Crippen molar-refractivity contribution in [3.8, 4) is 11.6 Å². The number of rotatable bonds is 4. The Bertz CT molecular complexity index is 776. The van der Waals surface area contributed by atoms with Gasteiger partial charge < -0.3 is 10.1 Å². The number of piperidine rings is 1. The highest BCUT2D eigenvalue weighted by Crippen LogP contribution is 2.28. The molecule has 0 unspecified atom stereocenters. The first-order chi connectivity index (χ1) is 11.4. The molecule has 4 heteroatoms. The van der Waals surface area contributed by atoms with Crippen LogP contribution < -0.4 is 10.1 Å². The van der Waals surface area contributed by atoms with E-state index in [1.54, 1.807) is 0 Å². The lowest BCUT2D eigenvalue weighted by molar-refractivity contribution is 0.210. The highest BCUT2D eigenvalue weighted by Gasteiger charge is 2.17. The highest BCUT2D eigenvalue weighted by atomic mass is 16.5. The summed E-state index contributed by atoms with van der Waals surface area (Å²) in [4.78, 5) is 0. The van der Waals surface area contributed by atoms with Crippen molar-refractivity contribution in [3.63, 3.8) is 0 Å². The molecule has 4 nitrogen and oxygen atoms in total. The predicted octanol–water partition coefficient (Wildman–Crippen LogP) is 3.40. The molecule has 2 heterocycles. The monoisotopic (exact) mass is 307 g/mol. The summed E-state index contributed by atoms with van der Waals surface area (Å²) in [6.07, 6.45) is 2.36. The Morgan fingerprint density at radius 3 is 2.57 bits per heavy atom. The SMILES string of the molecule is c1ccc(-n2nc(OCC3CCNCC3)c3ccccc32)cc1. The molecule has 2 aromatic carbocycles. The smallest absolute Gasteiger partial charge is 0.241 e. The Morgan fingerprint density at radius 2 is 1.74 bits per heavy atom. The summed E-state index contributed by atoms with van der Waals surface area (Å²) in [5, 5.41) is 9.19. The van der Waals surface area contributed by atoms with Crippen LogP contribution in [-0.2, 0) is 0 Å². The third-order valence-corrected chi connectivity index (χ3v) is 4.47. The molecular weight excluding hydrogens is 286 g/mol. The van der Waals surface area contributed by atoms with Gasteiger partial charge in [0.1, 0.15) is 0 Å². The lowest BCUT2D eigenvalue weighted by Gasteiger charge is -2.22. The number of ether oxygens (including phenoxy) is 1. The number of benzene rings is 2. The van der Waals surface area contributed by atoms with Crippen LogP contribution in [0.15, 0.2) is 54.6 Å². The van der Waals surface area contributed by atoms with E-state index in [0.717, 1.165) is 42.2 Å². The normalized spacial score (nSPS) is 15.8. The fourth-order valence-corrected chi connectivity index (χ4v) is 3.16. The molecule has 1 aliphatic heterocycles. The standard InChI is InChI=1S/C19H21N3O/c1-2-6-16(7-3-1)22-18-9-5-4-8-17(18)19(21-22)23-14-15-10-12-20-13-11-15/h1-9,15,20H,10-14H2. The summed E-state index contributed by atoms with van der Waals surface area (Å²) in [6.45, 7) is 2.93. The second-order valence-electron chi connectivity index (χ2n) is 6.07. The largest absolute Gasteiger partial charge is 0.476 e. The Morgan fingerprint density at radius 1 is 1.00 bits per heavy atom. The second-order valence-corrected chi connectivity index (χ2v) is 6.07. The van der Waals surface area contributed by atoms with Gasteiger partial charge in [-0.25, -0.2) is 4.68 Å². The number of nitrogens with zero attached hydrogens (tertiary/aromatic N) is 2. The molecule has 4 rings (SSSR count). The van der Waals surface area contributed by atoms with Crippen LogP contribution in [0.2, 0.25) is 0 Å². The zero-order valence-corrected chi connectivity index (χ0v) is 13.1. The minimum absolute atomic E-state index is 0.622. The van der Waals surface area contributed by atoms with E-state index >= 15 is 0 Å². The molecule has 0 radical (unpaired) electrons. The van der Waals surface area contributed by atoms with Crippen LogP contribution in [0.3, 0.4) is 0 Å². The molecular formula is C19H21N3O. The lowest BCUT2D eigenvalue weighted by Crippen LogP contribution is -2.30. The maximum Gasteiger partial charge on any atom is 0.241 e. The van der Waals surface area contributed by atoms with Crippen LogP contribution in [0.4, 0.5) is 0 Å². The van der Waals surface area contributed by atoms with Gasteiger partial charge in [0.25, 0.3) is 0 Å². The number of nitrogens with one attached hydrogen (secondary N) is 1. The van der Waals surface area contributed by atoms with Crippen molar-refractivity contribution in [1.82, 2.24) is 15.1 Å². The first-order valence-corrected chi connectivity index (χ1v) is 8.28. The first kappa shape index (κ1) is 14.3. The van der Waals surface area contributed by atoms with E-state index in [1.807, 2.05) is 35.0 Å². The maximum atomic E-state index is 6.10. The fourth-order valence-electron chi connectivity index (χ4n) is 3.16. The zero-order chi connectivity index (χ0) is 15.5. The molecule has 0 spiro atoms. The minimum atomic E-state index is 0.622. The third kappa shape index (κ3) is 2.94. The molecule has 1 aromatic heterocycles. The summed E-state index contributed by atoms with van der Waals surface area (Å²) < 4.78 is 8.07. The Hall–Kier alpha value is -2.33. The summed E-state index contributed by atoms with van der Waals surface area (Å²) in [7, 11) is 0. The quantitative estimate of drug-likeness (QED) is 0.803. The Balaban J connectivity index is 1.64. The number of aromatic nitrogens is 2. The van der Waals surface area contributed by atoms with Gasteiger partial charge in [0.05, 0.1) is 23.2 Å². The summed E-state index contributed by atoms with van der Waals surface area (Å²) in [5.41, 5.74) is 2.14. The number of fused-ring (bicyclic) bond motifs is 1. The molecule has 23 heavy (non-hydrogen) atoms. The van der Waals surface area contributed by atoms with Gasteiger partial charge in [0.2, 0.25) is 5.88 Å². The average molecular weight is 307 g/mol. The summed E-state index contributed by atoms with van der Waals surface area (Å²) in [5.74, 6) is 1.36. The van der Waals surface area contributed by atoms with E-state index in [-0.39, 0.29) is 0 Å². The van der Waals surface area contributed by atoms with Crippen LogP contribution in [0, 0.1) is 5.92 Å².